The second-order valence-corrected chi connectivity index (χ2v) is 5.41. The third-order valence-corrected chi connectivity index (χ3v) is 4.03. The van der Waals surface area contributed by atoms with Crippen LogP contribution in [0.15, 0.2) is 18.2 Å². The zero-order chi connectivity index (χ0) is 13.0. The molecule has 18 heavy (non-hydrogen) atoms. The summed E-state index contributed by atoms with van der Waals surface area (Å²) in [6, 6.07) is 7.39. The third kappa shape index (κ3) is 3.33. The lowest BCUT2D eigenvalue weighted by Gasteiger charge is -2.23. The molecule has 0 spiro atoms. The molecule has 1 heterocycles. The van der Waals surface area contributed by atoms with Gasteiger partial charge in [0, 0.05) is 18.6 Å². The fourth-order valence-electron chi connectivity index (χ4n) is 2.72. The lowest BCUT2D eigenvalue weighted by molar-refractivity contribution is 0.176. The van der Waals surface area contributed by atoms with Gasteiger partial charge in [0.25, 0.3) is 0 Å². The first-order valence-electron chi connectivity index (χ1n) is 7.08. The molecule has 1 N–H and O–H groups in total. The van der Waals surface area contributed by atoms with Crippen molar-refractivity contribution in [1.82, 2.24) is 5.32 Å². The van der Waals surface area contributed by atoms with E-state index in [1.807, 2.05) is 0 Å². The summed E-state index contributed by atoms with van der Waals surface area (Å²) in [4.78, 5) is 0. The zero-order valence-electron chi connectivity index (χ0n) is 11.8. The first-order chi connectivity index (χ1) is 8.70. The molecule has 1 aromatic carbocycles. The van der Waals surface area contributed by atoms with Crippen molar-refractivity contribution in [3.8, 4) is 0 Å². The summed E-state index contributed by atoms with van der Waals surface area (Å²) in [6.07, 6.45) is 2.31. The molecule has 1 saturated heterocycles. The van der Waals surface area contributed by atoms with Crippen molar-refractivity contribution in [2.45, 2.75) is 39.7 Å². The molecule has 0 aromatic heterocycles. The molecule has 2 rings (SSSR count). The third-order valence-electron chi connectivity index (χ3n) is 4.03. The second kappa shape index (κ2) is 6.35. The van der Waals surface area contributed by atoms with Crippen LogP contribution in [-0.2, 0) is 11.2 Å². The van der Waals surface area contributed by atoms with E-state index in [1.54, 1.807) is 0 Å². The van der Waals surface area contributed by atoms with Gasteiger partial charge in [0.15, 0.2) is 0 Å². The lowest BCUT2D eigenvalue weighted by Crippen LogP contribution is -2.38. The summed E-state index contributed by atoms with van der Waals surface area (Å²) in [6.45, 7) is 9.43. The molecule has 0 bridgehead atoms. The van der Waals surface area contributed by atoms with Gasteiger partial charge in [0.2, 0.25) is 0 Å². The van der Waals surface area contributed by atoms with Gasteiger partial charge in [0.1, 0.15) is 0 Å². The average Bonchev–Trinajstić information content (AvgIpc) is 2.87. The Hall–Kier alpha value is -0.860. The van der Waals surface area contributed by atoms with Crippen molar-refractivity contribution in [2.75, 3.05) is 19.8 Å². The molecular weight excluding hydrogens is 222 g/mol. The summed E-state index contributed by atoms with van der Waals surface area (Å²) >= 11 is 0. The van der Waals surface area contributed by atoms with E-state index in [0.29, 0.717) is 12.0 Å². The van der Waals surface area contributed by atoms with Gasteiger partial charge in [0.05, 0.1) is 6.61 Å². The summed E-state index contributed by atoms with van der Waals surface area (Å²) < 4.78 is 5.52. The van der Waals surface area contributed by atoms with Crippen molar-refractivity contribution in [3.63, 3.8) is 0 Å². The minimum atomic E-state index is 0.555. The zero-order valence-corrected chi connectivity index (χ0v) is 11.8. The van der Waals surface area contributed by atoms with Crippen molar-refractivity contribution in [1.29, 1.82) is 0 Å². The number of likely N-dealkylation sites (N-methyl/N-ethyl adjacent to an activating group) is 1. The lowest BCUT2D eigenvalue weighted by atomic mass is 9.91. The predicted octanol–water partition coefficient (Wildman–Crippen LogP) is 2.86. The van der Waals surface area contributed by atoms with Crippen LogP contribution < -0.4 is 5.32 Å². The number of hydrogen-bond donors (Lipinski definition) is 1. The molecule has 0 amide bonds. The van der Waals surface area contributed by atoms with Crippen LogP contribution in [-0.4, -0.2) is 25.8 Å². The van der Waals surface area contributed by atoms with Gasteiger partial charge in [-0.15, -0.1) is 0 Å². The van der Waals surface area contributed by atoms with E-state index in [1.165, 1.54) is 23.1 Å². The number of benzene rings is 1. The minimum absolute atomic E-state index is 0.555. The second-order valence-electron chi connectivity index (χ2n) is 5.41. The Morgan fingerprint density at radius 1 is 1.33 bits per heavy atom. The molecule has 2 atom stereocenters. The SMILES string of the molecule is CCNC(Cc1ccc(C)c(C)c1)C1CCOC1. The molecule has 0 radical (unpaired) electrons. The van der Waals surface area contributed by atoms with E-state index in [0.717, 1.165) is 26.2 Å². The predicted molar refractivity (Wildman–Crippen MR) is 76.0 cm³/mol. The van der Waals surface area contributed by atoms with Gasteiger partial charge < -0.3 is 10.1 Å². The summed E-state index contributed by atoms with van der Waals surface area (Å²) in [5.74, 6) is 0.673. The Bertz CT molecular complexity index is 383. The quantitative estimate of drug-likeness (QED) is 0.864. The van der Waals surface area contributed by atoms with Crippen LogP contribution in [0.5, 0.6) is 0 Å². The van der Waals surface area contributed by atoms with Crippen LogP contribution in [0.4, 0.5) is 0 Å². The van der Waals surface area contributed by atoms with Crippen LogP contribution in [0.25, 0.3) is 0 Å². The molecule has 1 aliphatic rings. The van der Waals surface area contributed by atoms with Gasteiger partial charge in [-0.05, 0) is 49.9 Å². The molecule has 1 fully saturated rings. The first-order valence-corrected chi connectivity index (χ1v) is 7.08. The Morgan fingerprint density at radius 2 is 2.17 bits per heavy atom. The van der Waals surface area contributed by atoms with Crippen molar-refractivity contribution >= 4 is 0 Å². The topological polar surface area (TPSA) is 21.3 Å². The molecule has 2 nitrogen and oxygen atoms in total. The number of rotatable bonds is 5. The minimum Gasteiger partial charge on any atom is -0.381 e. The number of hydrogen-bond acceptors (Lipinski definition) is 2. The van der Waals surface area contributed by atoms with Gasteiger partial charge in [-0.3, -0.25) is 0 Å². The highest BCUT2D eigenvalue weighted by Crippen LogP contribution is 2.21. The molecule has 0 saturated carbocycles. The van der Waals surface area contributed by atoms with Crippen LogP contribution in [0.3, 0.4) is 0 Å². The normalized spacial score (nSPS) is 21.2. The van der Waals surface area contributed by atoms with Crippen LogP contribution in [0.2, 0.25) is 0 Å². The molecule has 100 valence electrons. The Balaban J connectivity index is 2.04. The summed E-state index contributed by atoms with van der Waals surface area (Å²) in [5, 5.41) is 3.63. The van der Waals surface area contributed by atoms with E-state index in [9.17, 15) is 0 Å². The largest absolute Gasteiger partial charge is 0.381 e. The van der Waals surface area contributed by atoms with E-state index < -0.39 is 0 Å². The molecule has 2 heteroatoms. The maximum Gasteiger partial charge on any atom is 0.0510 e. The van der Waals surface area contributed by atoms with Crippen LogP contribution in [0.1, 0.15) is 30.0 Å². The highest BCUT2D eigenvalue weighted by Gasteiger charge is 2.25. The van der Waals surface area contributed by atoms with E-state index >= 15 is 0 Å². The van der Waals surface area contributed by atoms with Crippen molar-refractivity contribution in [3.05, 3.63) is 34.9 Å². The fraction of sp³-hybridized carbons (Fsp3) is 0.625. The standard InChI is InChI=1S/C16H25NO/c1-4-17-16(15-7-8-18-11-15)10-14-6-5-12(2)13(3)9-14/h5-6,9,15-17H,4,7-8,10-11H2,1-3H3. The smallest absolute Gasteiger partial charge is 0.0510 e. The van der Waals surface area contributed by atoms with Crippen LogP contribution in [0, 0.1) is 19.8 Å². The summed E-state index contributed by atoms with van der Waals surface area (Å²) in [5.41, 5.74) is 4.21. The molecule has 1 aliphatic heterocycles. The van der Waals surface area contributed by atoms with Crippen molar-refractivity contribution < 1.29 is 4.74 Å². The van der Waals surface area contributed by atoms with Crippen molar-refractivity contribution in [2.24, 2.45) is 5.92 Å². The monoisotopic (exact) mass is 247 g/mol. The van der Waals surface area contributed by atoms with Crippen LogP contribution >= 0.6 is 0 Å². The maximum absolute atomic E-state index is 5.52. The van der Waals surface area contributed by atoms with E-state index in [4.69, 9.17) is 4.74 Å². The maximum atomic E-state index is 5.52. The highest BCUT2D eigenvalue weighted by molar-refractivity contribution is 5.30. The molecule has 2 unspecified atom stereocenters. The highest BCUT2D eigenvalue weighted by atomic mass is 16.5. The summed E-state index contributed by atoms with van der Waals surface area (Å²) in [7, 11) is 0. The van der Waals surface area contributed by atoms with Gasteiger partial charge in [-0.2, -0.15) is 0 Å². The Kier molecular flexibility index (Phi) is 4.79. The Labute approximate surface area is 111 Å². The number of aryl methyl sites for hydroxylation is 2. The number of ether oxygens (including phenoxy) is 1. The molecule has 1 aromatic rings. The van der Waals surface area contributed by atoms with Gasteiger partial charge >= 0.3 is 0 Å². The first kappa shape index (κ1) is 13.6. The average molecular weight is 247 g/mol. The van der Waals surface area contributed by atoms with E-state index in [-0.39, 0.29) is 0 Å². The van der Waals surface area contributed by atoms with Gasteiger partial charge in [-0.25, -0.2) is 0 Å². The Morgan fingerprint density at radius 3 is 2.78 bits per heavy atom. The number of nitrogens with one attached hydrogen (secondary N) is 1. The molecular formula is C16H25NO. The fourth-order valence-corrected chi connectivity index (χ4v) is 2.72. The molecule has 0 aliphatic carbocycles. The van der Waals surface area contributed by atoms with Gasteiger partial charge in [-0.1, -0.05) is 25.1 Å². The van der Waals surface area contributed by atoms with E-state index in [2.05, 4.69) is 44.3 Å².